The zero-order chi connectivity index (χ0) is 13.8. The molecule has 0 bridgehead atoms. The quantitative estimate of drug-likeness (QED) is 0.917. The molecule has 4 nitrogen and oxygen atoms in total. The van der Waals surface area contributed by atoms with Crippen LogP contribution >= 0.6 is 0 Å². The molecule has 0 aliphatic heterocycles. The van der Waals surface area contributed by atoms with Gasteiger partial charge in [-0.2, -0.15) is 0 Å². The molecule has 2 rings (SSSR count). The highest BCUT2D eigenvalue weighted by atomic mass is 19.1. The van der Waals surface area contributed by atoms with Crippen LogP contribution in [0.4, 0.5) is 10.2 Å². The number of nitrogens with zero attached hydrogens (tertiary/aromatic N) is 3. The third-order valence-corrected chi connectivity index (χ3v) is 2.62. The monoisotopic (exact) mass is 260 g/mol. The summed E-state index contributed by atoms with van der Waals surface area (Å²) < 4.78 is 13.2. The molecule has 0 aliphatic rings. The predicted molar refractivity (Wildman–Crippen MR) is 73.5 cm³/mol. The normalized spacial score (nSPS) is 10.8. The first-order chi connectivity index (χ1) is 9.10. The van der Waals surface area contributed by atoms with Crippen LogP contribution in [0, 0.1) is 5.82 Å². The Morgan fingerprint density at radius 1 is 1.21 bits per heavy atom. The smallest absolute Gasteiger partial charge is 0.142 e. The molecule has 19 heavy (non-hydrogen) atoms. The van der Waals surface area contributed by atoms with Crippen molar-refractivity contribution < 1.29 is 4.39 Å². The Morgan fingerprint density at radius 2 is 2.00 bits per heavy atom. The van der Waals surface area contributed by atoms with Crippen LogP contribution in [0.2, 0.25) is 0 Å². The maximum Gasteiger partial charge on any atom is 0.142 e. The van der Waals surface area contributed by atoms with Crippen molar-refractivity contribution in [2.75, 3.05) is 11.9 Å². The Labute approximate surface area is 112 Å². The van der Waals surface area contributed by atoms with Crippen LogP contribution in [-0.4, -0.2) is 21.5 Å². The van der Waals surface area contributed by atoms with Crippen LogP contribution in [-0.2, 0) is 0 Å². The average Bonchev–Trinajstić information content (AvgIpc) is 2.38. The Bertz CT molecular complexity index is 569. The fourth-order valence-corrected chi connectivity index (χ4v) is 1.70. The van der Waals surface area contributed by atoms with Gasteiger partial charge in [0.25, 0.3) is 0 Å². The minimum absolute atomic E-state index is 0.207. The average molecular weight is 260 g/mol. The molecule has 2 heterocycles. The van der Waals surface area contributed by atoms with E-state index in [0.29, 0.717) is 11.3 Å². The molecule has 2 aromatic heterocycles. The summed E-state index contributed by atoms with van der Waals surface area (Å²) in [5.41, 5.74) is 1.34. The van der Waals surface area contributed by atoms with E-state index in [2.05, 4.69) is 20.3 Å². The van der Waals surface area contributed by atoms with Crippen LogP contribution < -0.4 is 5.32 Å². The van der Waals surface area contributed by atoms with Crippen LogP contribution in [0.15, 0.2) is 24.5 Å². The van der Waals surface area contributed by atoms with E-state index in [0.717, 1.165) is 18.2 Å². The first-order valence-electron chi connectivity index (χ1n) is 6.34. The molecule has 0 aromatic carbocycles. The van der Waals surface area contributed by atoms with Gasteiger partial charge in [-0.15, -0.1) is 0 Å². The van der Waals surface area contributed by atoms with E-state index in [1.807, 2.05) is 26.8 Å². The van der Waals surface area contributed by atoms with E-state index < -0.39 is 0 Å². The Balaban J connectivity index is 2.49. The summed E-state index contributed by atoms with van der Waals surface area (Å²) in [4.78, 5) is 12.8. The minimum atomic E-state index is -0.368. The second kappa shape index (κ2) is 5.73. The molecule has 0 saturated heterocycles. The van der Waals surface area contributed by atoms with Crippen LogP contribution in [0.3, 0.4) is 0 Å². The molecule has 2 aromatic rings. The van der Waals surface area contributed by atoms with Gasteiger partial charge >= 0.3 is 0 Å². The third kappa shape index (κ3) is 3.24. The lowest BCUT2D eigenvalue weighted by Crippen LogP contribution is -2.06. The van der Waals surface area contributed by atoms with Crippen molar-refractivity contribution in [2.45, 2.75) is 26.7 Å². The van der Waals surface area contributed by atoms with E-state index in [1.165, 1.54) is 12.3 Å². The van der Waals surface area contributed by atoms with E-state index in [9.17, 15) is 4.39 Å². The topological polar surface area (TPSA) is 50.7 Å². The third-order valence-electron chi connectivity index (χ3n) is 2.62. The number of pyridine rings is 1. The summed E-state index contributed by atoms with van der Waals surface area (Å²) in [6, 6.07) is 3.24. The number of hydrogen-bond acceptors (Lipinski definition) is 4. The lowest BCUT2D eigenvalue weighted by atomic mass is 10.1. The lowest BCUT2D eigenvalue weighted by Gasteiger charge is -2.10. The van der Waals surface area contributed by atoms with Crippen molar-refractivity contribution >= 4 is 5.82 Å². The van der Waals surface area contributed by atoms with E-state index >= 15 is 0 Å². The van der Waals surface area contributed by atoms with Gasteiger partial charge in [0.2, 0.25) is 0 Å². The maximum absolute atomic E-state index is 13.2. The molecule has 1 N–H and O–H groups in total. The number of hydrogen-bond donors (Lipinski definition) is 1. The van der Waals surface area contributed by atoms with Gasteiger partial charge in [0.1, 0.15) is 17.5 Å². The molecule has 0 atom stereocenters. The lowest BCUT2D eigenvalue weighted by molar-refractivity contribution is 0.622. The standard InChI is InChI=1S/C14H17FN4/c1-4-17-13-6-12(18-14(19-13)9(2)3)10-5-11(15)8-16-7-10/h5-9H,4H2,1-3H3,(H,17,18,19). The summed E-state index contributed by atoms with van der Waals surface area (Å²) in [6.07, 6.45) is 2.78. The Morgan fingerprint density at radius 3 is 2.63 bits per heavy atom. The molecule has 0 radical (unpaired) electrons. The van der Waals surface area contributed by atoms with Crippen molar-refractivity contribution in [3.8, 4) is 11.3 Å². The van der Waals surface area contributed by atoms with Crippen LogP contribution in [0.1, 0.15) is 32.5 Å². The van der Waals surface area contributed by atoms with Gasteiger partial charge in [0.05, 0.1) is 11.9 Å². The molecule has 5 heteroatoms. The van der Waals surface area contributed by atoms with Gasteiger partial charge in [0, 0.05) is 30.3 Å². The summed E-state index contributed by atoms with van der Waals surface area (Å²) in [7, 11) is 0. The number of halogens is 1. The van der Waals surface area contributed by atoms with Gasteiger partial charge < -0.3 is 5.32 Å². The summed E-state index contributed by atoms with van der Waals surface area (Å²) in [5.74, 6) is 1.32. The largest absolute Gasteiger partial charge is 0.370 e. The molecule has 0 amide bonds. The first kappa shape index (κ1) is 13.4. The summed E-state index contributed by atoms with van der Waals surface area (Å²) >= 11 is 0. The maximum atomic E-state index is 13.2. The Kier molecular flexibility index (Phi) is 4.04. The second-order valence-corrected chi connectivity index (χ2v) is 4.57. The number of anilines is 1. The van der Waals surface area contributed by atoms with Gasteiger partial charge in [0.15, 0.2) is 0 Å². The van der Waals surface area contributed by atoms with Crippen molar-refractivity contribution in [3.05, 3.63) is 36.2 Å². The van der Waals surface area contributed by atoms with Gasteiger partial charge in [-0.25, -0.2) is 14.4 Å². The van der Waals surface area contributed by atoms with E-state index in [1.54, 1.807) is 6.20 Å². The second-order valence-electron chi connectivity index (χ2n) is 4.57. The highest BCUT2D eigenvalue weighted by molar-refractivity contribution is 5.61. The predicted octanol–water partition coefficient (Wildman–Crippen LogP) is 3.23. The highest BCUT2D eigenvalue weighted by Crippen LogP contribution is 2.22. The highest BCUT2D eigenvalue weighted by Gasteiger charge is 2.10. The molecular formula is C14H17FN4. The summed E-state index contributed by atoms with van der Waals surface area (Å²) in [6.45, 7) is 6.83. The van der Waals surface area contributed by atoms with Crippen LogP contribution in [0.25, 0.3) is 11.3 Å². The molecule has 0 aliphatic carbocycles. The SMILES string of the molecule is CCNc1cc(-c2cncc(F)c2)nc(C(C)C)n1. The Hall–Kier alpha value is -2.04. The minimum Gasteiger partial charge on any atom is -0.370 e. The van der Waals surface area contributed by atoms with Crippen molar-refractivity contribution in [2.24, 2.45) is 0 Å². The number of rotatable bonds is 4. The number of aromatic nitrogens is 3. The molecule has 0 saturated carbocycles. The molecule has 0 fully saturated rings. The number of nitrogens with one attached hydrogen (secondary N) is 1. The summed E-state index contributed by atoms with van der Waals surface area (Å²) in [5, 5.41) is 3.16. The molecule has 0 spiro atoms. The molecule has 100 valence electrons. The first-order valence-corrected chi connectivity index (χ1v) is 6.34. The van der Waals surface area contributed by atoms with Gasteiger partial charge in [-0.05, 0) is 13.0 Å². The zero-order valence-electron chi connectivity index (χ0n) is 11.3. The van der Waals surface area contributed by atoms with Gasteiger partial charge in [-0.3, -0.25) is 4.98 Å². The fourth-order valence-electron chi connectivity index (χ4n) is 1.70. The fraction of sp³-hybridized carbons (Fsp3) is 0.357. The van der Waals surface area contributed by atoms with E-state index in [-0.39, 0.29) is 11.7 Å². The van der Waals surface area contributed by atoms with E-state index in [4.69, 9.17) is 0 Å². The molecule has 0 unspecified atom stereocenters. The van der Waals surface area contributed by atoms with Crippen molar-refractivity contribution in [3.63, 3.8) is 0 Å². The van der Waals surface area contributed by atoms with Crippen molar-refractivity contribution in [1.29, 1.82) is 0 Å². The van der Waals surface area contributed by atoms with Crippen molar-refractivity contribution in [1.82, 2.24) is 15.0 Å². The molecular weight excluding hydrogens is 243 g/mol. The van der Waals surface area contributed by atoms with Crippen LogP contribution in [0.5, 0.6) is 0 Å². The van der Waals surface area contributed by atoms with Gasteiger partial charge in [-0.1, -0.05) is 13.8 Å². The zero-order valence-corrected chi connectivity index (χ0v) is 11.3.